The summed E-state index contributed by atoms with van der Waals surface area (Å²) < 4.78 is 11.7. The lowest BCUT2D eigenvalue weighted by atomic mass is 10.0. The van der Waals surface area contributed by atoms with E-state index in [4.69, 9.17) is 4.42 Å². The van der Waals surface area contributed by atoms with Gasteiger partial charge in [-0.2, -0.15) is 0 Å². The molecule has 11 aromatic rings. The number of fused-ring (bicyclic) bond motifs is 14. The zero-order valence-electron chi connectivity index (χ0n) is 26.3. The Labute approximate surface area is 280 Å². The van der Waals surface area contributed by atoms with E-state index in [0.717, 1.165) is 49.7 Å². The molecule has 226 valence electrons. The van der Waals surface area contributed by atoms with Crippen molar-refractivity contribution in [2.24, 2.45) is 0 Å². The van der Waals surface area contributed by atoms with E-state index in [9.17, 15) is 0 Å². The average molecular weight is 623 g/mol. The summed E-state index contributed by atoms with van der Waals surface area (Å²) in [6.07, 6.45) is 0. The molecule has 3 heteroatoms. The molecular formula is C46H26N2O. The van der Waals surface area contributed by atoms with Gasteiger partial charge in [-0.15, -0.1) is 0 Å². The van der Waals surface area contributed by atoms with Crippen molar-refractivity contribution in [3.05, 3.63) is 158 Å². The molecule has 0 N–H and O–H groups in total. The van der Waals surface area contributed by atoms with E-state index in [1.165, 1.54) is 60.2 Å². The quantitative estimate of drug-likeness (QED) is 0.188. The molecule has 1 aliphatic carbocycles. The fourth-order valence-electron chi connectivity index (χ4n) is 8.87. The largest absolute Gasteiger partial charge is 0.455 e. The molecular weight excluding hydrogens is 597 g/mol. The van der Waals surface area contributed by atoms with Gasteiger partial charge in [0.15, 0.2) is 0 Å². The molecule has 0 aliphatic heterocycles. The SMILES string of the molecule is c1ccc(-n2c3ccccc3c3ccc4c(c5c6oc7ccccc7c6ccc5n4-c4cc5c6c(cccc6c4)-c4ccccc4-5)c32)cc1. The normalized spacial score (nSPS) is 12.5. The number of hydrogen-bond acceptors (Lipinski definition) is 1. The van der Waals surface area contributed by atoms with Gasteiger partial charge in [-0.25, -0.2) is 0 Å². The lowest BCUT2D eigenvalue weighted by molar-refractivity contribution is 0.673. The molecule has 0 unspecified atom stereocenters. The predicted molar refractivity (Wildman–Crippen MR) is 204 cm³/mol. The number of furan rings is 1. The van der Waals surface area contributed by atoms with Crippen molar-refractivity contribution in [3.63, 3.8) is 0 Å². The first-order valence-corrected chi connectivity index (χ1v) is 16.9. The van der Waals surface area contributed by atoms with Gasteiger partial charge in [-0.1, -0.05) is 103 Å². The molecule has 12 rings (SSSR count). The second kappa shape index (κ2) is 9.06. The minimum atomic E-state index is 0.907. The molecule has 0 atom stereocenters. The first-order chi connectivity index (χ1) is 24.3. The Morgan fingerprint density at radius 3 is 1.94 bits per heavy atom. The van der Waals surface area contributed by atoms with Gasteiger partial charge >= 0.3 is 0 Å². The van der Waals surface area contributed by atoms with Crippen LogP contribution in [-0.4, -0.2) is 9.13 Å². The van der Waals surface area contributed by atoms with Crippen LogP contribution < -0.4 is 0 Å². The smallest absolute Gasteiger partial charge is 0.145 e. The van der Waals surface area contributed by atoms with Gasteiger partial charge in [-0.3, -0.25) is 0 Å². The zero-order valence-corrected chi connectivity index (χ0v) is 26.3. The standard InChI is InChI=1S/C46H26N2O/c1-2-12-28(13-3-1)48-38-19-8-6-16-32(38)35-21-23-39-43(45(35)48)44-40(24-22-36-33-17-7-9-20-41(33)49-46(36)44)47(39)29-25-27-11-10-18-34-30-14-4-5-15-31(30)37(26-29)42(27)34/h1-26H. The summed E-state index contributed by atoms with van der Waals surface area (Å²) >= 11 is 0. The van der Waals surface area contributed by atoms with Crippen molar-refractivity contribution in [2.45, 2.75) is 0 Å². The molecule has 8 aromatic carbocycles. The Morgan fingerprint density at radius 2 is 1.06 bits per heavy atom. The minimum Gasteiger partial charge on any atom is -0.455 e. The Morgan fingerprint density at radius 1 is 0.367 bits per heavy atom. The molecule has 3 nitrogen and oxygen atoms in total. The summed E-state index contributed by atoms with van der Waals surface area (Å²) in [5.41, 5.74) is 14.0. The lowest BCUT2D eigenvalue weighted by Crippen LogP contribution is -1.96. The van der Waals surface area contributed by atoms with E-state index in [-0.39, 0.29) is 0 Å². The first kappa shape index (κ1) is 25.5. The summed E-state index contributed by atoms with van der Waals surface area (Å²) in [5.74, 6) is 0. The van der Waals surface area contributed by atoms with Crippen LogP contribution in [-0.2, 0) is 0 Å². The van der Waals surface area contributed by atoms with Crippen LogP contribution in [0.3, 0.4) is 0 Å². The van der Waals surface area contributed by atoms with E-state index >= 15 is 0 Å². The Hall–Kier alpha value is -6.58. The van der Waals surface area contributed by atoms with Crippen LogP contribution in [0.4, 0.5) is 0 Å². The third kappa shape index (κ3) is 3.17. The highest BCUT2D eigenvalue weighted by molar-refractivity contribution is 6.32. The van der Waals surface area contributed by atoms with E-state index in [2.05, 4.69) is 167 Å². The summed E-state index contributed by atoms with van der Waals surface area (Å²) in [7, 11) is 0. The summed E-state index contributed by atoms with van der Waals surface area (Å²) in [6.45, 7) is 0. The average Bonchev–Trinajstić information content (AvgIpc) is 3.89. The third-order valence-corrected chi connectivity index (χ3v) is 10.8. The molecule has 0 fully saturated rings. The van der Waals surface area contributed by atoms with Crippen LogP contribution in [0.25, 0.3) is 110 Å². The van der Waals surface area contributed by atoms with Gasteiger partial charge in [0.1, 0.15) is 11.2 Å². The fraction of sp³-hybridized carbons (Fsp3) is 0. The monoisotopic (exact) mass is 622 g/mol. The van der Waals surface area contributed by atoms with Crippen molar-refractivity contribution in [3.8, 4) is 33.6 Å². The molecule has 0 spiro atoms. The molecule has 1 aliphatic rings. The van der Waals surface area contributed by atoms with Gasteiger partial charge in [0.2, 0.25) is 0 Å². The number of para-hydroxylation sites is 3. The maximum atomic E-state index is 6.84. The van der Waals surface area contributed by atoms with Gasteiger partial charge in [0.25, 0.3) is 0 Å². The summed E-state index contributed by atoms with van der Waals surface area (Å²) in [6, 6.07) is 57.4. The van der Waals surface area contributed by atoms with Crippen LogP contribution >= 0.6 is 0 Å². The first-order valence-electron chi connectivity index (χ1n) is 16.9. The zero-order chi connectivity index (χ0) is 31.8. The highest BCUT2D eigenvalue weighted by Crippen LogP contribution is 2.50. The second-order valence-electron chi connectivity index (χ2n) is 13.3. The Kier molecular flexibility index (Phi) is 4.72. The van der Waals surface area contributed by atoms with E-state index in [1.807, 2.05) is 0 Å². The second-order valence-corrected chi connectivity index (χ2v) is 13.3. The molecule has 0 saturated heterocycles. The van der Waals surface area contributed by atoms with Crippen LogP contribution in [0.15, 0.2) is 162 Å². The Bertz CT molecular complexity index is 3210. The third-order valence-electron chi connectivity index (χ3n) is 10.8. The molecule has 49 heavy (non-hydrogen) atoms. The van der Waals surface area contributed by atoms with Crippen LogP contribution in [0, 0.1) is 0 Å². The number of rotatable bonds is 2. The van der Waals surface area contributed by atoms with Crippen molar-refractivity contribution >= 4 is 76.3 Å². The maximum Gasteiger partial charge on any atom is 0.145 e. The number of hydrogen-bond donors (Lipinski definition) is 0. The molecule has 0 bridgehead atoms. The summed E-state index contributed by atoms with van der Waals surface area (Å²) in [5, 5.41) is 9.66. The molecule has 0 amide bonds. The van der Waals surface area contributed by atoms with Crippen LogP contribution in [0.2, 0.25) is 0 Å². The molecule has 0 radical (unpaired) electrons. The highest BCUT2D eigenvalue weighted by atomic mass is 16.3. The topological polar surface area (TPSA) is 23.0 Å². The summed E-state index contributed by atoms with van der Waals surface area (Å²) in [4.78, 5) is 0. The fourth-order valence-corrected chi connectivity index (χ4v) is 8.87. The van der Waals surface area contributed by atoms with Crippen molar-refractivity contribution in [1.82, 2.24) is 9.13 Å². The predicted octanol–water partition coefficient (Wildman–Crippen LogP) is 12.6. The van der Waals surface area contributed by atoms with E-state index < -0.39 is 0 Å². The van der Waals surface area contributed by atoms with Gasteiger partial charge in [0.05, 0.1) is 27.5 Å². The maximum absolute atomic E-state index is 6.84. The van der Waals surface area contributed by atoms with Crippen molar-refractivity contribution in [1.29, 1.82) is 0 Å². The van der Waals surface area contributed by atoms with Crippen molar-refractivity contribution < 1.29 is 4.42 Å². The minimum absolute atomic E-state index is 0.907. The number of aromatic nitrogens is 2. The number of nitrogens with zero attached hydrogens (tertiary/aromatic N) is 2. The van der Waals surface area contributed by atoms with Crippen molar-refractivity contribution in [2.75, 3.05) is 0 Å². The Balaban J connectivity index is 1.32. The van der Waals surface area contributed by atoms with Crippen LogP contribution in [0.5, 0.6) is 0 Å². The molecule has 3 heterocycles. The van der Waals surface area contributed by atoms with Crippen LogP contribution in [0.1, 0.15) is 0 Å². The van der Waals surface area contributed by atoms with Gasteiger partial charge in [-0.05, 0) is 87.6 Å². The van der Waals surface area contributed by atoms with E-state index in [0.29, 0.717) is 0 Å². The van der Waals surface area contributed by atoms with Gasteiger partial charge < -0.3 is 13.6 Å². The molecule has 0 saturated carbocycles. The molecule has 3 aromatic heterocycles. The lowest BCUT2D eigenvalue weighted by Gasteiger charge is -2.12. The highest BCUT2D eigenvalue weighted by Gasteiger charge is 2.26. The van der Waals surface area contributed by atoms with Gasteiger partial charge in [0, 0.05) is 38.3 Å². The number of benzene rings is 8. The van der Waals surface area contributed by atoms with E-state index in [1.54, 1.807) is 0 Å².